The minimum atomic E-state index is -1.80. The van der Waals surface area contributed by atoms with E-state index in [-0.39, 0.29) is 5.57 Å². The number of ketones is 1. The number of carbonyl (C=O) groups is 3. The lowest BCUT2D eigenvalue weighted by molar-refractivity contribution is -0.145. The van der Waals surface area contributed by atoms with E-state index in [1.165, 1.54) is 12.0 Å². The van der Waals surface area contributed by atoms with Crippen molar-refractivity contribution in [2.75, 3.05) is 22.6 Å². The number of nitrogens with one attached hydrogen (secondary N) is 2. The summed E-state index contributed by atoms with van der Waals surface area (Å²) in [6.07, 6.45) is 0. The lowest BCUT2D eigenvalue weighted by Gasteiger charge is -2.36. The Hall–Kier alpha value is -3.61. The minimum Gasteiger partial charge on any atom is -0.466 e. The molecule has 0 spiro atoms. The van der Waals surface area contributed by atoms with Crippen LogP contribution in [-0.4, -0.2) is 30.4 Å². The van der Waals surface area contributed by atoms with Crippen LogP contribution in [0.1, 0.15) is 12.5 Å². The molecule has 1 amide bonds. The maximum absolute atomic E-state index is 13.1. The molecule has 2 aliphatic rings. The number of allylic oxidation sites excluding steroid dienone is 1. The maximum Gasteiger partial charge on any atom is 0.358 e. The van der Waals surface area contributed by atoms with Gasteiger partial charge in [0.2, 0.25) is 5.66 Å². The van der Waals surface area contributed by atoms with E-state index in [1.807, 2.05) is 31.2 Å². The Labute approximate surface area is 162 Å². The summed E-state index contributed by atoms with van der Waals surface area (Å²) in [6, 6.07) is 14.3. The van der Waals surface area contributed by atoms with E-state index in [4.69, 9.17) is 4.74 Å². The van der Waals surface area contributed by atoms with Crippen LogP contribution in [0, 0.1) is 6.92 Å². The third-order valence-corrected chi connectivity index (χ3v) is 5.03. The Bertz CT molecular complexity index is 1040. The number of anilines is 3. The molecule has 2 aromatic rings. The van der Waals surface area contributed by atoms with E-state index >= 15 is 0 Å². The van der Waals surface area contributed by atoms with Crippen LogP contribution in [-0.2, 0) is 19.1 Å². The van der Waals surface area contributed by atoms with Crippen LogP contribution < -0.4 is 15.5 Å². The van der Waals surface area contributed by atoms with Crippen LogP contribution in [0.15, 0.2) is 59.8 Å². The van der Waals surface area contributed by atoms with Crippen molar-refractivity contribution < 1.29 is 19.1 Å². The van der Waals surface area contributed by atoms with Crippen molar-refractivity contribution in [2.45, 2.75) is 19.5 Å². The highest BCUT2D eigenvalue weighted by Gasteiger charge is 2.63. The summed E-state index contributed by atoms with van der Waals surface area (Å²) < 4.78 is 5.08. The molecule has 0 saturated carbocycles. The third-order valence-electron chi connectivity index (χ3n) is 5.03. The van der Waals surface area contributed by atoms with Gasteiger partial charge in [-0.1, -0.05) is 29.8 Å². The summed E-state index contributed by atoms with van der Waals surface area (Å²) in [6.45, 7) is 3.58. The van der Waals surface area contributed by atoms with Crippen molar-refractivity contribution in [1.29, 1.82) is 0 Å². The first-order valence-electron chi connectivity index (χ1n) is 8.79. The van der Waals surface area contributed by atoms with Gasteiger partial charge in [0.05, 0.1) is 24.1 Å². The number of aryl methyl sites for hydroxylation is 1. The van der Waals surface area contributed by atoms with E-state index < -0.39 is 23.3 Å². The lowest BCUT2D eigenvalue weighted by Crippen LogP contribution is -2.59. The van der Waals surface area contributed by atoms with E-state index in [2.05, 4.69) is 10.6 Å². The molecule has 1 unspecified atom stereocenters. The number of fused-ring (bicyclic) bond motifs is 2. The maximum atomic E-state index is 13.1. The van der Waals surface area contributed by atoms with Gasteiger partial charge in [-0.2, -0.15) is 0 Å². The summed E-state index contributed by atoms with van der Waals surface area (Å²) in [5.41, 5.74) is 1.31. The second-order valence-electron chi connectivity index (χ2n) is 6.80. The van der Waals surface area contributed by atoms with Crippen molar-refractivity contribution in [1.82, 2.24) is 0 Å². The highest BCUT2D eigenvalue weighted by molar-refractivity contribution is 6.53. The monoisotopic (exact) mass is 377 g/mol. The van der Waals surface area contributed by atoms with E-state index in [1.54, 1.807) is 31.2 Å². The molecule has 1 fully saturated rings. The second-order valence-corrected chi connectivity index (χ2v) is 6.80. The van der Waals surface area contributed by atoms with Crippen molar-refractivity contribution in [2.24, 2.45) is 0 Å². The Morgan fingerprint density at radius 2 is 1.64 bits per heavy atom. The van der Waals surface area contributed by atoms with E-state index in [9.17, 15) is 14.4 Å². The molecule has 7 heteroatoms. The summed E-state index contributed by atoms with van der Waals surface area (Å²) >= 11 is 0. The molecule has 142 valence electrons. The van der Waals surface area contributed by atoms with E-state index in [0.717, 1.165) is 5.56 Å². The standard InChI is InChI=1S/C21H19N3O4/c1-12-8-10-14(11-9-12)24-19(26)18(25)17-13(2)22-15-6-4-5-7-16(15)23-21(17,24)20(27)28-3/h4-11,22-23H,1-3H3. The second kappa shape index (κ2) is 6.23. The molecule has 1 atom stereocenters. The van der Waals surface area contributed by atoms with Gasteiger partial charge in [-0.15, -0.1) is 0 Å². The van der Waals surface area contributed by atoms with Crippen molar-refractivity contribution in [3.63, 3.8) is 0 Å². The molecule has 7 nitrogen and oxygen atoms in total. The van der Waals surface area contributed by atoms with Gasteiger partial charge in [0.1, 0.15) is 0 Å². The molecule has 28 heavy (non-hydrogen) atoms. The van der Waals surface area contributed by atoms with Crippen LogP contribution >= 0.6 is 0 Å². The fourth-order valence-corrected chi connectivity index (χ4v) is 3.75. The SMILES string of the molecule is COC(=O)C12Nc3ccccc3NC(C)=C1C(=O)C(=O)N2c1ccc(C)cc1. The topological polar surface area (TPSA) is 87.7 Å². The van der Waals surface area contributed by atoms with E-state index in [0.29, 0.717) is 22.8 Å². The molecule has 0 radical (unpaired) electrons. The Morgan fingerprint density at radius 1 is 1.00 bits per heavy atom. The fourth-order valence-electron chi connectivity index (χ4n) is 3.75. The molecule has 2 aliphatic heterocycles. The highest BCUT2D eigenvalue weighted by Crippen LogP contribution is 2.44. The number of hydrogen-bond acceptors (Lipinski definition) is 6. The van der Waals surface area contributed by atoms with Crippen molar-refractivity contribution >= 4 is 34.7 Å². The lowest BCUT2D eigenvalue weighted by atomic mass is 9.96. The van der Waals surface area contributed by atoms with Gasteiger partial charge in [0.25, 0.3) is 5.78 Å². The van der Waals surface area contributed by atoms with Gasteiger partial charge in [-0.05, 0) is 38.1 Å². The molecule has 0 aromatic heterocycles. The predicted octanol–water partition coefficient (Wildman–Crippen LogP) is 2.59. The molecule has 4 rings (SSSR count). The zero-order chi connectivity index (χ0) is 20.1. The van der Waals surface area contributed by atoms with Crippen LogP contribution in [0.5, 0.6) is 0 Å². The van der Waals surface area contributed by atoms with Gasteiger partial charge >= 0.3 is 11.9 Å². The largest absolute Gasteiger partial charge is 0.466 e. The first-order chi connectivity index (χ1) is 13.4. The number of esters is 1. The Balaban J connectivity index is 2.03. The average molecular weight is 377 g/mol. The van der Waals surface area contributed by atoms with Crippen molar-refractivity contribution in [3.05, 3.63) is 65.4 Å². The zero-order valence-corrected chi connectivity index (χ0v) is 15.7. The Kier molecular flexibility index (Phi) is 3.96. The molecule has 0 aliphatic carbocycles. The molecule has 1 saturated heterocycles. The summed E-state index contributed by atoms with van der Waals surface area (Å²) in [4.78, 5) is 40.3. The summed E-state index contributed by atoms with van der Waals surface area (Å²) in [5.74, 6) is -2.30. The smallest absolute Gasteiger partial charge is 0.358 e. The van der Waals surface area contributed by atoms with Crippen LogP contribution in [0.4, 0.5) is 17.1 Å². The number of rotatable bonds is 2. The van der Waals surface area contributed by atoms with Crippen LogP contribution in [0.3, 0.4) is 0 Å². The molecule has 2 N–H and O–H groups in total. The third kappa shape index (κ3) is 2.32. The number of hydrogen-bond donors (Lipinski definition) is 2. The average Bonchev–Trinajstić information content (AvgIpc) is 2.82. The number of nitrogens with zero attached hydrogens (tertiary/aromatic N) is 1. The van der Waals surface area contributed by atoms with Crippen molar-refractivity contribution in [3.8, 4) is 0 Å². The zero-order valence-electron chi connectivity index (χ0n) is 15.7. The number of Topliss-reactive ketones (excluding diaryl/α,β-unsaturated/α-hetero) is 1. The molecule has 2 heterocycles. The number of amides is 1. The number of para-hydroxylation sites is 2. The first-order valence-corrected chi connectivity index (χ1v) is 8.79. The molecular formula is C21H19N3O4. The number of benzene rings is 2. The number of ether oxygens (including phenoxy) is 1. The number of carbonyl (C=O) groups excluding carboxylic acids is 3. The van der Waals surface area contributed by atoms with Crippen LogP contribution in [0.25, 0.3) is 0 Å². The molecule has 2 aromatic carbocycles. The molecule has 0 bridgehead atoms. The fraction of sp³-hybridized carbons (Fsp3) is 0.190. The molecular weight excluding hydrogens is 358 g/mol. The highest BCUT2D eigenvalue weighted by atomic mass is 16.5. The quantitative estimate of drug-likeness (QED) is 0.618. The van der Waals surface area contributed by atoms with Gasteiger partial charge in [0.15, 0.2) is 0 Å². The Morgan fingerprint density at radius 3 is 2.29 bits per heavy atom. The van der Waals surface area contributed by atoms with Gasteiger partial charge in [-0.3, -0.25) is 14.5 Å². The minimum absolute atomic E-state index is 0.0288. The van der Waals surface area contributed by atoms with Gasteiger partial charge in [-0.25, -0.2) is 4.79 Å². The predicted molar refractivity (Wildman–Crippen MR) is 105 cm³/mol. The van der Waals surface area contributed by atoms with Crippen LogP contribution in [0.2, 0.25) is 0 Å². The number of methoxy groups -OCH3 is 1. The summed E-state index contributed by atoms with van der Waals surface area (Å²) in [7, 11) is 1.23. The van der Waals surface area contributed by atoms with Gasteiger partial charge in [0, 0.05) is 11.4 Å². The normalized spacial score (nSPS) is 20.8. The summed E-state index contributed by atoms with van der Waals surface area (Å²) in [5, 5.41) is 6.27. The first kappa shape index (κ1) is 17.8. The van der Waals surface area contributed by atoms with Gasteiger partial charge < -0.3 is 15.4 Å².